The van der Waals surface area contributed by atoms with E-state index in [1.165, 1.54) is 6.92 Å². The minimum atomic E-state index is -0.223. The highest BCUT2D eigenvalue weighted by Gasteiger charge is 2.22. The fraction of sp³-hybridized carbons (Fsp3) is 0.273. The number of aromatic nitrogens is 2. The number of hydrogen-bond acceptors (Lipinski definition) is 5. The lowest BCUT2D eigenvalue weighted by Gasteiger charge is -2.35. The van der Waals surface area contributed by atoms with Gasteiger partial charge in [-0.1, -0.05) is 29.8 Å². The highest BCUT2D eigenvalue weighted by Crippen LogP contribution is 2.31. The standard InChI is InChI=1S/C22H22ClN5O2/c1-14(29)24-22-25-20-8-5-17(16-3-6-18(23)7-4-16)13-19(20)21(26-22)28-11-9-27(10-12-28)15(2)30/h3-8,13H,9-12H2,1-2H3,(H,24,25,26,29). The van der Waals surface area contributed by atoms with Crippen LogP contribution in [0.5, 0.6) is 0 Å². The second kappa shape index (κ2) is 8.28. The molecule has 7 nitrogen and oxygen atoms in total. The molecule has 1 fully saturated rings. The van der Waals surface area contributed by atoms with Gasteiger partial charge in [-0.05, 0) is 35.4 Å². The first kappa shape index (κ1) is 20.1. The molecule has 0 bridgehead atoms. The molecule has 0 atom stereocenters. The molecule has 0 aliphatic carbocycles. The summed E-state index contributed by atoms with van der Waals surface area (Å²) in [7, 11) is 0. The largest absolute Gasteiger partial charge is 0.352 e. The van der Waals surface area contributed by atoms with Crippen LogP contribution >= 0.6 is 11.6 Å². The molecular weight excluding hydrogens is 402 g/mol. The molecule has 1 aliphatic heterocycles. The van der Waals surface area contributed by atoms with E-state index in [2.05, 4.69) is 26.3 Å². The molecule has 0 saturated carbocycles. The second-order valence-corrected chi connectivity index (χ2v) is 7.72. The Morgan fingerprint density at radius 2 is 1.60 bits per heavy atom. The summed E-state index contributed by atoms with van der Waals surface area (Å²) in [5.74, 6) is 0.881. The smallest absolute Gasteiger partial charge is 0.231 e. The molecule has 2 aromatic carbocycles. The summed E-state index contributed by atoms with van der Waals surface area (Å²) in [6, 6.07) is 13.7. The first-order chi connectivity index (χ1) is 14.4. The zero-order valence-electron chi connectivity index (χ0n) is 16.9. The van der Waals surface area contributed by atoms with E-state index in [0.29, 0.717) is 31.2 Å². The monoisotopic (exact) mass is 423 g/mol. The average molecular weight is 424 g/mol. The van der Waals surface area contributed by atoms with Crippen molar-refractivity contribution in [3.63, 3.8) is 0 Å². The Labute approximate surface area is 179 Å². The third-order valence-electron chi connectivity index (χ3n) is 5.17. The van der Waals surface area contributed by atoms with Crippen LogP contribution in [-0.4, -0.2) is 52.9 Å². The number of fused-ring (bicyclic) bond motifs is 1. The van der Waals surface area contributed by atoms with Crippen LogP contribution in [-0.2, 0) is 9.59 Å². The van der Waals surface area contributed by atoms with Crippen molar-refractivity contribution >= 4 is 46.1 Å². The number of nitrogens with zero attached hydrogens (tertiary/aromatic N) is 4. The van der Waals surface area contributed by atoms with Crippen LogP contribution in [0.2, 0.25) is 5.02 Å². The van der Waals surface area contributed by atoms with E-state index >= 15 is 0 Å². The first-order valence-corrected chi connectivity index (χ1v) is 10.1. The summed E-state index contributed by atoms with van der Waals surface area (Å²) >= 11 is 6.02. The predicted octanol–water partition coefficient (Wildman–Crippen LogP) is 3.58. The van der Waals surface area contributed by atoms with E-state index in [4.69, 9.17) is 11.6 Å². The fourth-order valence-corrected chi connectivity index (χ4v) is 3.75. The second-order valence-electron chi connectivity index (χ2n) is 7.28. The molecule has 1 saturated heterocycles. The number of hydrogen-bond donors (Lipinski definition) is 1. The highest BCUT2D eigenvalue weighted by atomic mass is 35.5. The highest BCUT2D eigenvalue weighted by molar-refractivity contribution is 6.30. The van der Waals surface area contributed by atoms with Gasteiger partial charge in [0.05, 0.1) is 5.52 Å². The molecule has 2 heterocycles. The Kier molecular flexibility index (Phi) is 5.55. The maximum atomic E-state index is 11.7. The fourth-order valence-electron chi connectivity index (χ4n) is 3.62. The van der Waals surface area contributed by atoms with Crippen LogP contribution in [0.3, 0.4) is 0 Å². The van der Waals surface area contributed by atoms with Crippen molar-refractivity contribution in [3.05, 3.63) is 47.5 Å². The zero-order chi connectivity index (χ0) is 21.3. The van der Waals surface area contributed by atoms with Crippen LogP contribution in [0.25, 0.3) is 22.0 Å². The third kappa shape index (κ3) is 4.21. The summed E-state index contributed by atoms with van der Waals surface area (Å²) in [5, 5.41) is 4.27. The Morgan fingerprint density at radius 3 is 2.23 bits per heavy atom. The summed E-state index contributed by atoms with van der Waals surface area (Å²) in [4.78, 5) is 36.4. The van der Waals surface area contributed by atoms with Gasteiger partial charge >= 0.3 is 0 Å². The number of amides is 2. The molecular formula is C22H22ClN5O2. The number of benzene rings is 2. The van der Waals surface area contributed by atoms with Gasteiger partial charge in [0.25, 0.3) is 0 Å². The number of anilines is 2. The van der Waals surface area contributed by atoms with Crippen molar-refractivity contribution in [1.82, 2.24) is 14.9 Å². The third-order valence-corrected chi connectivity index (χ3v) is 5.42. The summed E-state index contributed by atoms with van der Waals surface area (Å²) in [5.41, 5.74) is 2.81. The van der Waals surface area contributed by atoms with Crippen molar-refractivity contribution in [2.45, 2.75) is 13.8 Å². The lowest BCUT2D eigenvalue weighted by molar-refractivity contribution is -0.129. The van der Waals surface area contributed by atoms with Crippen LogP contribution in [0.4, 0.5) is 11.8 Å². The molecule has 3 aromatic rings. The Hall–Kier alpha value is -3.19. The minimum Gasteiger partial charge on any atom is -0.352 e. The van der Waals surface area contributed by atoms with Gasteiger partial charge in [-0.15, -0.1) is 0 Å². The average Bonchev–Trinajstić information content (AvgIpc) is 2.73. The Morgan fingerprint density at radius 1 is 0.933 bits per heavy atom. The van der Waals surface area contributed by atoms with Crippen LogP contribution < -0.4 is 10.2 Å². The lowest BCUT2D eigenvalue weighted by atomic mass is 10.0. The zero-order valence-corrected chi connectivity index (χ0v) is 17.6. The lowest BCUT2D eigenvalue weighted by Crippen LogP contribution is -2.48. The maximum Gasteiger partial charge on any atom is 0.231 e. The number of piperazine rings is 1. The molecule has 0 unspecified atom stereocenters. The quantitative estimate of drug-likeness (QED) is 0.696. The predicted molar refractivity (Wildman–Crippen MR) is 119 cm³/mol. The van der Waals surface area contributed by atoms with Gasteiger partial charge in [0.1, 0.15) is 5.82 Å². The van der Waals surface area contributed by atoms with Crippen LogP contribution in [0, 0.1) is 0 Å². The van der Waals surface area contributed by atoms with Crippen molar-refractivity contribution in [1.29, 1.82) is 0 Å². The van der Waals surface area contributed by atoms with E-state index < -0.39 is 0 Å². The van der Waals surface area contributed by atoms with Crippen molar-refractivity contribution in [2.75, 3.05) is 36.4 Å². The van der Waals surface area contributed by atoms with E-state index in [1.54, 1.807) is 6.92 Å². The topological polar surface area (TPSA) is 78.4 Å². The number of carbonyl (C=O) groups is 2. The molecule has 2 amide bonds. The van der Waals surface area contributed by atoms with Gasteiger partial charge < -0.3 is 9.80 Å². The van der Waals surface area contributed by atoms with Crippen LogP contribution in [0.15, 0.2) is 42.5 Å². The molecule has 30 heavy (non-hydrogen) atoms. The van der Waals surface area contributed by atoms with Crippen LogP contribution in [0.1, 0.15) is 13.8 Å². The number of nitrogens with one attached hydrogen (secondary N) is 1. The Balaban J connectivity index is 1.78. The van der Waals surface area contributed by atoms with Crippen molar-refractivity contribution < 1.29 is 9.59 Å². The minimum absolute atomic E-state index is 0.0751. The molecule has 0 spiro atoms. The number of halogens is 1. The van der Waals surface area contributed by atoms with Crippen molar-refractivity contribution in [3.8, 4) is 11.1 Å². The van der Waals surface area contributed by atoms with E-state index in [9.17, 15) is 9.59 Å². The molecule has 1 aromatic heterocycles. The SMILES string of the molecule is CC(=O)Nc1nc(N2CCN(C(C)=O)CC2)c2cc(-c3ccc(Cl)cc3)ccc2n1. The van der Waals surface area contributed by atoms with E-state index in [-0.39, 0.29) is 17.8 Å². The molecule has 154 valence electrons. The van der Waals surface area contributed by atoms with Gasteiger partial charge in [-0.3, -0.25) is 14.9 Å². The van der Waals surface area contributed by atoms with Gasteiger partial charge in [0, 0.05) is 50.4 Å². The molecule has 0 radical (unpaired) electrons. The summed E-state index contributed by atoms with van der Waals surface area (Å²) < 4.78 is 0. The number of carbonyl (C=O) groups excluding carboxylic acids is 2. The van der Waals surface area contributed by atoms with Gasteiger partial charge in [-0.2, -0.15) is 4.98 Å². The number of rotatable bonds is 3. The van der Waals surface area contributed by atoms with E-state index in [0.717, 1.165) is 27.8 Å². The summed E-state index contributed by atoms with van der Waals surface area (Å²) in [6.07, 6.45) is 0. The Bertz CT molecular complexity index is 1110. The van der Waals surface area contributed by atoms with E-state index in [1.807, 2.05) is 41.3 Å². The van der Waals surface area contributed by atoms with Gasteiger partial charge in [0.15, 0.2) is 0 Å². The van der Waals surface area contributed by atoms with Crippen molar-refractivity contribution in [2.24, 2.45) is 0 Å². The maximum absolute atomic E-state index is 11.7. The molecule has 1 N–H and O–H groups in total. The summed E-state index contributed by atoms with van der Waals surface area (Å²) in [6.45, 7) is 5.61. The van der Waals surface area contributed by atoms with Gasteiger partial charge in [0.2, 0.25) is 17.8 Å². The normalized spacial score (nSPS) is 14.1. The molecule has 8 heteroatoms. The molecule has 4 rings (SSSR count). The first-order valence-electron chi connectivity index (χ1n) is 9.76. The van der Waals surface area contributed by atoms with Gasteiger partial charge in [-0.25, -0.2) is 4.98 Å². The molecule has 1 aliphatic rings.